The van der Waals surface area contributed by atoms with Crippen LogP contribution in [-0.4, -0.2) is 57.4 Å². The molecule has 1 aromatic carbocycles. The second-order valence-corrected chi connectivity index (χ2v) is 7.04. The summed E-state index contributed by atoms with van der Waals surface area (Å²) in [5, 5.41) is 5.27. The molecule has 2 aromatic heterocycles. The van der Waals surface area contributed by atoms with Crippen molar-refractivity contribution in [3.8, 4) is 5.75 Å². The average molecular weight is 394 g/mol. The van der Waals surface area contributed by atoms with Crippen LogP contribution in [0.4, 0.5) is 19.1 Å². The number of halogens is 3. The number of hydrogen-bond acceptors (Lipinski definition) is 6. The third-order valence-corrected chi connectivity index (χ3v) is 5.11. The summed E-state index contributed by atoms with van der Waals surface area (Å²) in [5.41, 5.74) is 7.24. The van der Waals surface area contributed by atoms with E-state index in [9.17, 15) is 13.2 Å². The molecule has 4 rings (SSSR count). The summed E-state index contributed by atoms with van der Waals surface area (Å²) in [6.07, 6.45) is -3.32. The first-order chi connectivity index (χ1) is 13.4. The number of piperidine rings is 1. The fourth-order valence-electron chi connectivity index (χ4n) is 3.73. The molecule has 3 aromatic rings. The molecule has 0 unspecified atom stereocenters. The summed E-state index contributed by atoms with van der Waals surface area (Å²) in [6, 6.07) is 5.50. The molecule has 0 radical (unpaired) electrons. The van der Waals surface area contributed by atoms with E-state index in [2.05, 4.69) is 15.1 Å². The van der Waals surface area contributed by atoms with E-state index >= 15 is 0 Å². The normalized spacial score (nSPS) is 18.8. The number of fused-ring (bicyclic) bond motifs is 3. The van der Waals surface area contributed by atoms with Crippen molar-refractivity contribution in [3.05, 3.63) is 24.0 Å². The van der Waals surface area contributed by atoms with Gasteiger partial charge in [-0.3, -0.25) is 0 Å². The first-order valence-electron chi connectivity index (χ1n) is 9.13. The monoisotopic (exact) mass is 394 g/mol. The molecule has 3 heterocycles. The highest BCUT2D eigenvalue weighted by molar-refractivity contribution is 5.95. The van der Waals surface area contributed by atoms with Crippen LogP contribution >= 0.6 is 0 Å². The third kappa shape index (κ3) is 3.56. The molecule has 2 N–H and O–H groups in total. The van der Waals surface area contributed by atoms with E-state index in [1.807, 2.05) is 17.0 Å². The maximum Gasteiger partial charge on any atom is 0.390 e. The molecule has 0 aliphatic carbocycles. The molecule has 28 heavy (non-hydrogen) atoms. The van der Waals surface area contributed by atoms with Gasteiger partial charge >= 0.3 is 6.18 Å². The van der Waals surface area contributed by atoms with Crippen LogP contribution in [0.5, 0.6) is 5.75 Å². The molecule has 1 aliphatic rings. The van der Waals surface area contributed by atoms with Crippen LogP contribution in [0.25, 0.3) is 16.6 Å². The smallest absolute Gasteiger partial charge is 0.390 e. The van der Waals surface area contributed by atoms with Gasteiger partial charge in [-0.05, 0) is 31.5 Å². The van der Waals surface area contributed by atoms with Gasteiger partial charge in [0.15, 0.2) is 11.5 Å². The van der Waals surface area contributed by atoms with Crippen LogP contribution in [-0.2, 0) is 0 Å². The van der Waals surface area contributed by atoms with Crippen LogP contribution in [0.1, 0.15) is 31.0 Å². The van der Waals surface area contributed by atoms with Gasteiger partial charge in [0.1, 0.15) is 11.3 Å². The van der Waals surface area contributed by atoms with E-state index in [-0.39, 0.29) is 18.4 Å². The standard InChI is InChI=1S/C18H21F3N6O/c1-28-13-6-2-5-12-14(13)23-17(22)27-16(12)24-15(25-27)11-4-3-8-26(10-11)9-7-18(19,20)21/h2,5-6,11H,3-4,7-10H2,1H3,(H2,22,23)/t11-/m1/s1. The summed E-state index contributed by atoms with van der Waals surface area (Å²) in [4.78, 5) is 10.9. The van der Waals surface area contributed by atoms with Crippen LogP contribution in [0.15, 0.2) is 18.2 Å². The maximum atomic E-state index is 12.5. The molecule has 0 spiro atoms. The number of rotatable bonds is 4. The van der Waals surface area contributed by atoms with Crippen molar-refractivity contribution >= 4 is 22.5 Å². The molecule has 0 saturated carbocycles. The number of anilines is 1. The highest BCUT2D eigenvalue weighted by Gasteiger charge is 2.31. The third-order valence-electron chi connectivity index (χ3n) is 5.11. The van der Waals surface area contributed by atoms with Gasteiger partial charge in [0.25, 0.3) is 0 Å². The molecule has 7 nitrogen and oxygen atoms in total. The molecule has 0 bridgehead atoms. The van der Waals surface area contributed by atoms with Gasteiger partial charge < -0.3 is 15.4 Å². The van der Waals surface area contributed by atoms with Crippen molar-refractivity contribution in [1.82, 2.24) is 24.5 Å². The minimum absolute atomic E-state index is 0.00278. The molecule has 0 amide bonds. The molecule has 1 aliphatic heterocycles. The van der Waals surface area contributed by atoms with Gasteiger partial charge in [0.2, 0.25) is 5.95 Å². The van der Waals surface area contributed by atoms with E-state index in [0.717, 1.165) is 18.2 Å². The number of ether oxygens (including phenoxy) is 1. The zero-order valence-electron chi connectivity index (χ0n) is 15.4. The number of nitrogens with zero attached hydrogens (tertiary/aromatic N) is 5. The van der Waals surface area contributed by atoms with Crippen LogP contribution in [0, 0.1) is 0 Å². The molecule has 1 fully saturated rings. The molecular formula is C18H21F3N6O. The van der Waals surface area contributed by atoms with E-state index < -0.39 is 12.6 Å². The Morgan fingerprint density at radius 3 is 2.86 bits per heavy atom. The second-order valence-electron chi connectivity index (χ2n) is 7.04. The largest absolute Gasteiger partial charge is 0.494 e. The lowest BCUT2D eigenvalue weighted by atomic mass is 9.97. The molecule has 150 valence electrons. The van der Waals surface area contributed by atoms with Gasteiger partial charge in [0, 0.05) is 24.4 Å². The topological polar surface area (TPSA) is 81.6 Å². The van der Waals surface area contributed by atoms with Crippen LogP contribution in [0.2, 0.25) is 0 Å². The van der Waals surface area contributed by atoms with E-state index in [1.54, 1.807) is 13.2 Å². The summed E-state index contributed by atoms with van der Waals surface area (Å²) in [5.74, 6) is 1.32. The zero-order valence-corrected chi connectivity index (χ0v) is 15.4. The van der Waals surface area contributed by atoms with Gasteiger partial charge in [0.05, 0.1) is 13.5 Å². The van der Waals surface area contributed by atoms with Gasteiger partial charge in [-0.1, -0.05) is 6.07 Å². The lowest BCUT2D eigenvalue weighted by molar-refractivity contribution is -0.138. The molecule has 1 saturated heterocycles. The highest BCUT2D eigenvalue weighted by Crippen LogP contribution is 2.31. The SMILES string of the molecule is COc1cccc2c1nc(N)n1nc([C@@H]3CCCN(CCC(F)(F)F)C3)nc21. The quantitative estimate of drug-likeness (QED) is 0.733. The Labute approximate surface area is 159 Å². The minimum atomic E-state index is -4.15. The van der Waals surface area contributed by atoms with Crippen molar-refractivity contribution in [3.63, 3.8) is 0 Å². The van der Waals surface area contributed by atoms with E-state index in [1.165, 1.54) is 4.52 Å². The zero-order chi connectivity index (χ0) is 19.9. The Hall–Kier alpha value is -2.62. The number of methoxy groups -OCH3 is 1. The van der Waals surface area contributed by atoms with Crippen LogP contribution in [0.3, 0.4) is 0 Å². The lowest BCUT2D eigenvalue weighted by Crippen LogP contribution is -2.37. The maximum absolute atomic E-state index is 12.5. The van der Waals surface area contributed by atoms with Crippen molar-refractivity contribution in [1.29, 1.82) is 0 Å². The van der Waals surface area contributed by atoms with Gasteiger partial charge in [-0.15, -0.1) is 5.10 Å². The Morgan fingerprint density at radius 1 is 1.29 bits per heavy atom. The fourth-order valence-corrected chi connectivity index (χ4v) is 3.73. The minimum Gasteiger partial charge on any atom is -0.494 e. The van der Waals surface area contributed by atoms with Crippen molar-refractivity contribution in [2.45, 2.75) is 31.4 Å². The predicted octanol–water partition coefficient (Wildman–Crippen LogP) is 3.00. The van der Waals surface area contributed by atoms with E-state index in [0.29, 0.717) is 35.8 Å². The van der Waals surface area contributed by atoms with Gasteiger partial charge in [-0.2, -0.15) is 17.7 Å². The number of aromatic nitrogens is 4. The van der Waals surface area contributed by atoms with Crippen LogP contribution < -0.4 is 10.5 Å². The summed E-state index contributed by atoms with van der Waals surface area (Å²) in [6.45, 7) is 1.16. The average Bonchev–Trinajstić information content (AvgIpc) is 3.12. The number of nitrogen functional groups attached to an aromatic ring is 1. The summed E-state index contributed by atoms with van der Waals surface area (Å²) in [7, 11) is 1.56. The lowest BCUT2D eigenvalue weighted by Gasteiger charge is -2.31. The van der Waals surface area contributed by atoms with E-state index in [4.69, 9.17) is 10.5 Å². The molecular weight excluding hydrogens is 373 g/mol. The number of hydrogen-bond donors (Lipinski definition) is 1. The fraction of sp³-hybridized carbons (Fsp3) is 0.500. The Morgan fingerprint density at radius 2 is 2.11 bits per heavy atom. The van der Waals surface area contributed by atoms with Gasteiger partial charge in [-0.25, -0.2) is 9.97 Å². The predicted molar refractivity (Wildman–Crippen MR) is 98.3 cm³/mol. The Bertz CT molecular complexity index is 1000. The summed E-state index contributed by atoms with van der Waals surface area (Å²) >= 11 is 0. The molecule has 1 atom stereocenters. The number of para-hydroxylation sites is 1. The number of nitrogens with two attached hydrogens (primary N) is 1. The highest BCUT2D eigenvalue weighted by atomic mass is 19.4. The number of alkyl halides is 3. The Balaban J connectivity index is 1.66. The first kappa shape index (κ1) is 18.7. The van der Waals surface area contributed by atoms with Crippen molar-refractivity contribution in [2.24, 2.45) is 0 Å². The summed E-state index contributed by atoms with van der Waals surface area (Å²) < 4.78 is 44.5. The second kappa shape index (κ2) is 7.08. The molecule has 10 heteroatoms. The Kier molecular flexibility index (Phi) is 4.74. The number of benzene rings is 1. The van der Waals surface area contributed by atoms with Crippen molar-refractivity contribution < 1.29 is 17.9 Å². The first-order valence-corrected chi connectivity index (χ1v) is 9.13. The number of likely N-dealkylation sites (tertiary alicyclic amines) is 1. The van der Waals surface area contributed by atoms with Crippen molar-refractivity contribution in [2.75, 3.05) is 32.5 Å².